The van der Waals surface area contributed by atoms with Crippen LogP contribution in [0.3, 0.4) is 0 Å². The first-order chi connectivity index (χ1) is 8.25. The summed E-state index contributed by atoms with van der Waals surface area (Å²) < 4.78 is 13.8. The Balaban J connectivity index is 2.06. The lowest BCUT2D eigenvalue weighted by atomic mass is 9.82. The van der Waals surface area contributed by atoms with Crippen molar-refractivity contribution in [2.45, 2.75) is 25.2 Å². The Hall–Kier alpha value is -1.09. The summed E-state index contributed by atoms with van der Waals surface area (Å²) in [6.07, 6.45) is 2.84. The van der Waals surface area contributed by atoms with Crippen LogP contribution in [0.4, 0.5) is 4.39 Å². The summed E-state index contributed by atoms with van der Waals surface area (Å²) in [5.41, 5.74) is 1.84. The lowest BCUT2D eigenvalue weighted by Crippen LogP contribution is -2.28. The molecule has 0 fully saturated rings. The largest absolute Gasteiger partial charge is 0.371 e. The molecule has 2 aliphatic rings. The van der Waals surface area contributed by atoms with Gasteiger partial charge in [-0.3, -0.25) is 4.99 Å². The number of nitrogens with zero attached hydrogens (tertiary/aromatic N) is 1. The smallest absolute Gasteiger partial charge is 0.128 e. The molecule has 90 valence electrons. The van der Waals surface area contributed by atoms with Gasteiger partial charge in [0.15, 0.2) is 0 Å². The van der Waals surface area contributed by atoms with Crippen LogP contribution in [0.15, 0.2) is 17.1 Å². The van der Waals surface area contributed by atoms with E-state index < -0.39 is 0 Å². The molecule has 1 aromatic carbocycles. The fourth-order valence-electron chi connectivity index (χ4n) is 2.77. The van der Waals surface area contributed by atoms with E-state index in [9.17, 15) is 4.39 Å². The van der Waals surface area contributed by atoms with Gasteiger partial charge in [-0.05, 0) is 42.5 Å². The predicted octanol–water partition coefficient (Wildman–Crippen LogP) is 2.90. The summed E-state index contributed by atoms with van der Waals surface area (Å²) in [5.74, 6) is 1.04. The molecule has 0 aromatic heterocycles. The van der Waals surface area contributed by atoms with Gasteiger partial charge in [-0.15, -0.1) is 0 Å². The molecule has 1 heterocycles. The Morgan fingerprint density at radius 1 is 1.41 bits per heavy atom. The molecule has 1 aliphatic heterocycles. The van der Waals surface area contributed by atoms with Crippen molar-refractivity contribution >= 4 is 17.4 Å². The van der Waals surface area contributed by atoms with Crippen LogP contribution in [-0.2, 0) is 6.42 Å². The van der Waals surface area contributed by atoms with Gasteiger partial charge in [0, 0.05) is 17.5 Å². The van der Waals surface area contributed by atoms with Gasteiger partial charge in [-0.2, -0.15) is 0 Å². The van der Waals surface area contributed by atoms with E-state index in [4.69, 9.17) is 11.6 Å². The number of fused-ring (bicyclic) bond motifs is 1. The first-order valence-electron chi connectivity index (χ1n) is 6.02. The van der Waals surface area contributed by atoms with Gasteiger partial charge in [0.2, 0.25) is 0 Å². The molecule has 0 saturated carbocycles. The first kappa shape index (κ1) is 11.0. The van der Waals surface area contributed by atoms with Crippen molar-refractivity contribution in [2.75, 3.05) is 13.1 Å². The monoisotopic (exact) mass is 252 g/mol. The third-order valence-corrected chi connectivity index (χ3v) is 3.74. The van der Waals surface area contributed by atoms with Gasteiger partial charge in [0.25, 0.3) is 0 Å². The molecule has 3 rings (SSSR count). The fraction of sp³-hybridized carbons (Fsp3) is 0.462. The van der Waals surface area contributed by atoms with E-state index in [1.54, 1.807) is 0 Å². The number of hydrogen-bond donors (Lipinski definition) is 1. The highest BCUT2D eigenvalue weighted by molar-refractivity contribution is 6.30. The number of hydrogen-bond acceptors (Lipinski definition) is 2. The van der Waals surface area contributed by atoms with Crippen molar-refractivity contribution in [1.82, 2.24) is 5.32 Å². The number of rotatable bonds is 1. The highest BCUT2D eigenvalue weighted by Crippen LogP contribution is 2.36. The average molecular weight is 253 g/mol. The molecule has 1 aromatic rings. The minimum Gasteiger partial charge on any atom is -0.371 e. The Morgan fingerprint density at radius 2 is 2.29 bits per heavy atom. The third-order valence-electron chi connectivity index (χ3n) is 3.52. The summed E-state index contributed by atoms with van der Waals surface area (Å²) in [6.45, 7) is 1.72. The van der Waals surface area contributed by atoms with Crippen LogP contribution in [0, 0.1) is 5.82 Å². The number of aliphatic imine (C=N–C) groups is 1. The molecule has 1 atom stereocenters. The minimum absolute atomic E-state index is 0.171. The van der Waals surface area contributed by atoms with Crippen LogP contribution in [0.5, 0.6) is 0 Å². The van der Waals surface area contributed by atoms with Crippen molar-refractivity contribution in [3.8, 4) is 0 Å². The van der Waals surface area contributed by atoms with E-state index in [1.165, 1.54) is 6.07 Å². The Bertz CT molecular complexity index is 485. The van der Waals surface area contributed by atoms with E-state index in [0.29, 0.717) is 5.02 Å². The van der Waals surface area contributed by atoms with E-state index in [1.807, 2.05) is 6.07 Å². The SMILES string of the molecule is Fc1cc(Cl)cc2c1CCCC2C1=NCCN1. The number of halogens is 2. The lowest BCUT2D eigenvalue weighted by Gasteiger charge is -2.26. The zero-order chi connectivity index (χ0) is 11.8. The lowest BCUT2D eigenvalue weighted by molar-refractivity contribution is 0.566. The Morgan fingerprint density at radius 3 is 3.06 bits per heavy atom. The molecule has 0 spiro atoms. The molecular weight excluding hydrogens is 239 g/mol. The van der Waals surface area contributed by atoms with Gasteiger partial charge in [0.05, 0.1) is 6.54 Å². The summed E-state index contributed by atoms with van der Waals surface area (Å²) in [7, 11) is 0. The van der Waals surface area contributed by atoms with Gasteiger partial charge in [-0.1, -0.05) is 11.6 Å². The van der Waals surface area contributed by atoms with E-state index in [2.05, 4.69) is 10.3 Å². The molecule has 4 heteroatoms. The molecule has 1 unspecified atom stereocenters. The van der Waals surface area contributed by atoms with Crippen molar-refractivity contribution in [3.63, 3.8) is 0 Å². The third kappa shape index (κ3) is 1.93. The Kier molecular flexibility index (Phi) is 2.79. The summed E-state index contributed by atoms with van der Waals surface area (Å²) in [4.78, 5) is 4.46. The molecule has 1 aliphatic carbocycles. The molecule has 0 bridgehead atoms. The molecular formula is C13H14ClFN2. The zero-order valence-corrected chi connectivity index (χ0v) is 10.2. The van der Waals surface area contributed by atoms with Crippen LogP contribution in [0.25, 0.3) is 0 Å². The molecule has 2 nitrogen and oxygen atoms in total. The number of benzene rings is 1. The number of amidine groups is 1. The van der Waals surface area contributed by atoms with E-state index in [-0.39, 0.29) is 11.7 Å². The van der Waals surface area contributed by atoms with Crippen molar-refractivity contribution in [3.05, 3.63) is 34.1 Å². The minimum atomic E-state index is -0.171. The van der Waals surface area contributed by atoms with Gasteiger partial charge >= 0.3 is 0 Å². The van der Waals surface area contributed by atoms with Crippen molar-refractivity contribution < 1.29 is 4.39 Å². The zero-order valence-electron chi connectivity index (χ0n) is 9.47. The maximum absolute atomic E-state index is 13.8. The van der Waals surface area contributed by atoms with Crippen molar-refractivity contribution in [2.24, 2.45) is 4.99 Å². The van der Waals surface area contributed by atoms with Gasteiger partial charge in [-0.25, -0.2) is 4.39 Å². The van der Waals surface area contributed by atoms with Gasteiger partial charge < -0.3 is 5.32 Å². The first-order valence-corrected chi connectivity index (χ1v) is 6.39. The van der Waals surface area contributed by atoms with Crippen LogP contribution < -0.4 is 5.32 Å². The van der Waals surface area contributed by atoms with Crippen LogP contribution in [0.1, 0.15) is 29.9 Å². The van der Waals surface area contributed by atoms with Crippen molar-refractivity contribution in [1.29, 1.82) is 0 Å². The fourth-order valence-corrected chi connectivity index (χ4v) is 2.98. The topological polar surface area (TPSA) is 24.4 Å². The normalized spacial score (nSPS) is 22.9. The maximum atomic E-state index is 13.8. The average Bonchev–Trinajstić information content (AvgIpc) is 2.81. The molecule has 0 saturated heterocycles. The second kappa shape index (κ2) is 4.30. The summed E-state index contributed by atoms with van der Waals surface area (Å²) in [6, 6.07) is 3.30. The van der Waals surface area contributed by atoms with Gasteiger partial charge in [0.1, 0.15) is 11.7 Å². The second-order valence-electron chi connectivity index (χ2n) is 4.59. The van der Waals surface area contributed by atoms with E-state index >= 15 is 0 Å². The highest BCUT2D eigenvalue weighted by atomic mass is 35.5. The van der Waals surface area contributed by atoms with Crippen LogP contribution in [0.2, 0.25) is 5.02 Å². The molecule has 17 heavy (non-hydrogen) atoms. The molecule has 0 amide bonds. The second-order valence-corrected chi connectivity index (χ2v) is 5.03. The van der Waals surface area contributed by atoms with Crippen LogP contribution in [-0.4, -0.2) is 18.9 Å². The standard InChI is InChI=1S/C13H14ClFN2/c14-8-6-11-9(12(15)7-8)2-1-3-10(11)13-16-4-5-17-13/h6-7,10H,1-5H2,(H,16,17). The number of nitrogens with one attached hydrogen (secondary N) is 1. The van der Waals surface area contributed by atoms with E-state index in [0.717, 1.165) is 49.3 Å². The Labute approximate surface area is 105 Å². The summed E-state index contributed by atoms with van der Waals surface area (Å²) >= 11 is 5.95. The quantitative estimate of drug-likeness (QED) is 0.817. The highest BCUT2D eigenvalue weighted by Gasteiger charge is 2.28. The molecule has 0 radical (unpaired) electrons. The van der Waals surface area contributed by atoms with Crippen LogP contribution >= 0.6 is 11.6 Å². The summed E-state index contributed by atoms with van der Waals surface area (Å²) in [5, 5.41) is 3.77. The predicted molar refractivity (Wildman–Crippen MR) is 67.4 cm³/mol. The molecule has 1 N–H and O–H groups in total. The maximum Gasteiger partial charge on any atom is 0.128 e.